The number of hydrogen-bond donors (Lipinski definition) is 2. The van der Waals surface area contributed by atoms with Crippen LogP contribution >= 0.6 is 0 Å². The highest BCUT2D eigenvalue weighted by Crippen LogP contribution is 2.34. The summed E-state index contributed by atoms with van der Waals surface area (Å²) in [7, 11) is 0. The van der Waals surface area contributed by atoms with Crippen LogP contribution in [0.1, 0.15) is 29.5 Å². The van der Waals surface area contributed by atoms with Crippen molar-refractivity contribution in [1.29, 1.82) is 0 Å². The topological polar surface area (TPSA) is 53.5 Å². The maximum absolute atomic E-state index is 12.3. The molecule has 22 heavy (non-hydrogen) atoms. The van der Waals surface area contributed by atoms with E-state index in [0.717, 1.165) is 29.8 Å². The predicted octanol–water partition coefficient (Wildman–Crippen LogP) is 3.33. The Hall–Kier alpha value is -2.62. The van der Waals surface area contributed by atoms with Crippen LogP contribution in [0, 0.1) is 0 Å². The predicted molar refractivity (Wildman–Crippen MR) is 88.3 cm³/mol. The zero-order chi connectivity index (χ0) is 14.9. The molecule has 4 rings (SSSR count). The lowest BCUT2D eigenvalue weighted by atomic mass is 9.89. The van der Waals surface area contributed by atoms with Gasteiger partial charge >= 0.3 is 0 Å². The minimum Gasteiger partial charge on any atom is -0.320 e. The first-order chi connectivity index (χ1) is 10.8. The van der Waals surface area contributed by atoms with E-state index in [1.54, 1.807) is 0 Å². The second kappa shape index (κ2) is 5.30. The van der Waals surface area contributed by atoms with Gasteiger partial charge in [0.1, 0.15) is 0 Å². The SMILES string of the molecule is O=C1Nc2c(ccc3c2CCCC3)/C1=N/Nc1ccccc1. The fourth-order valence-electron chi connectivity index (χ4n) is 3.21. The fraction of sp³-hybridized carbons (Fsp3) is 0.222. The van der Waals surface area contributed by atoms with Gasteiger partial charge in [0.25, 0.3) is 5.91 Å². The molecule has 0 saturated heterocycles. The summed E-state index contributed by atoms with van der Waals surface area (Å²) in [6.07, 6.45) is 4.57. The quantitative estimate of drug-likeness (QED) is 0.834. The van der Waals surface area contributed by atoms with Crippen molar-refractivity contribution < 1.29 is 4.79 Å². The summed E-state index contributed by atoms with van der Waals surface area (Å²) in [6, 6.07) is 13.8. The highest BCUT2D eigenvalue weighted by molar-refractivity contribution is 6.54. The first-order valence-electron chi connectivity index (χ1n) is 7.68. The largest absolute Gasteiger partial charge is 0.320 e. The summed E-state index contributed by atoms with van der Waals surface area (Å²) >= 11 is 0. The van der Waals surface area contributed by atoms with Crippen molar-refractivity contribution >= 4 is 23.0 Å². The Morgan fingerprint density at radius 3 is 2.68 bits per heavy atom. The third kappa shape index (κ3) is 2.17. The lowest BCUT2D eigenvalue weighted by Gasteiger charge is -2.18. The maximum atomic E-state index is 12.3. The third-order valence-corrected chi connectivity index (χ3v) is 4.31. The first kappa shape index (κ1) is 13.1. The van der Waals surface area contributed by atoms with Crippen molar-refractivity contribution in [2.75, 3.05) is 10.7 Å². The van der Waals surface area contributed by atoms with Crippen molar-refractivity contribution in [2.45, 2.75) is 25.7 Å². The number of aryl methyl sites for hydroxylation is 1. The Morgan fingerprint density at radius 2 is 1.82 bits per heavy atom. The Labute approximate surface area is 129 Å². The molecule has 0 bridgehead atoms. The number of nitrogens with one attached hydrogen (secondary N) is 2. The van der Waals surface area contributed by atoms with Crippen LogP contribution in [0.15, 0.2) is 47.6 Å². The second-order valence-electron chi connectivity index (χ2n) is 5.73. The lowest BCUT2D eigenvalue weighted by Crippen LogP contribution is -2.16. The number of carbonyl (C=O) groups is 1. The average Bonchev–Trinajstić information content (AvgIpc) is 2.90. The summed E-state index contributed by atoms with van der Waals surface area (Å²) < 4.78 is 0. The smallest absolute Gasteiger partial charge is 0.276 e. The second-order valence-corrected chi connectivity index (χ2v) is 5.73. The third-order valence-electron chi connectivity index (χ3n) is 4.31. The molecular formula is C18H17N3O. The van der Waals surface area contributed by atoms with Crippen LogP contribution in [0.25, 0.3) is 0 Å². The molecule has 1 amide bonds. The number of anilines is 2. The van der Waals surface area contributed by atoms with Crippen LogP contribution in [0.3, 0.4) is 0 Å². The molecule has 110 valence electrons. The average molecular weight is 291 g/mol. The molecular weight excluding hydrogens is 274 g/mol. The number of fused-ring (bicyclic) bond motifs is 3. The standard InChI is InChI=1S/C18H17N3O/c22-18-17(21-20-13-7-2-1-3-8-13)15-11-10-12-6-4-5-9-14(12)16(15)19-18/h1-3,7-8,10-11,20H,4-6,9H2,(H,19,21,22). The van der Waals surface area contributed by atoms with Crippen molar-refractivity contribution in [1.82, 2.24) is 0 Å². The number of carbonyl (C=O) groups excluding carboxylic acids is 1. The van der Waals surface area contributed by atoms with Crippen LogP contribution < -0.4 is 10.7 Å². The van der Waals surface area contributed by atoms with E-state index in [0.29, 0.717) is 5.71 Å². The van der Waals surface area contributed by atoms with Crippen molar-refractivity contribution in [3.8, 4) is 0 Å². The van der Waals surface area contributed by atoms with Gasteiger partial charge in [-0.25, -0.2) is 0 Å². The number of benzene rings is 2. The summed E-state index contributed by atoms with van der Waals surface area (Å²) in [5.74, 6) is -0.127. The normalized spacial score (nSPS) is 17.8. The van der Waals surface area contributed by atoms with E-state index in [1.165, 1.54) is 24.0 Å². The number of amides is 1. The van der Waals surface area contributed by atoms with E-state index >= 15 is 0 Å². The molecule has 0 unspecified atom stereocenters. The Bertz CT molecular complexity index is 765. The van der Waals surface area contributed by atoms with E-state index in [2.05, 4.69) is 21.9 Å². The Balaban J connectivity index is 1.70. The van der Waals surface area contributed by atoms with Crippen LogP contribution in [0.2, 0.25) is 0 Å². The van der Waals surface area contributed by atoms with Gasteiger partial charge in [0, 0.05) is 5.56 Å². The Kier molecular flexibility index (Phi) is 3.15. The molecule has 2 N–H and O–H groups in total. The van der Waals surface area contributed by atoms with Crippen molar-refractivity contribution in [3.05, 3.63) is 59.2 Å². The van der Waals surface area contributed by atoms with Gasteiger partial charge in [-0.05, 0) is 48.9 Å². The van der Waals surface area contributed by atoms with E-state index in [9.17, 15) is 4.79 Å². The van der Waals surface area contributed by atoms with E-state index in [1.807, 2.05) is 36.4 Å². The molecule has 1 aliphatic heterocycles. The molecule has 2 aromatic carbocycles. The summed E-state index contributed by atoms with van der Waals surface area (Å²) in [4.78, 5) is 12.3. The molecule has 0 saturated carbocycles. The number of nitrogens with zero attached hydrogens (tertiary/aromatic N) is 1. The Morgan fingerprint density at radius 1 is 1.00 bits per heavy atom. The number of hydrogen-bond acceptors (Lipinski definition) is 3. The molecule has 0 spiro atoms. The van der Waals surface area contributed by atoms with Crippen LogP contribution in [-0.4, -0.2) is 11.6 Å². The van der Waals surface area contributed by atoms with Gasteiger partial charge in [-0.15, -0.1) is 0 Å². The van der Waals surface area contributed by atoms with Crippen LogP contribution in [0.5, 0.6) is 0 Å². The molecule has 0 fully saturated rings. The molecule has 2 aliphatic rings. The monoisotopic (exact) mass is 291 g/mol. The van der Waals surface area contributed by atoms with Gasteiger partial charge in [-0.1, -0.05) is 30.3 Å². The lowest BCUT2D eigenvalue weighted by molar-refractivity contribution is -0.110. The van der Waals surface area contributed by atoms with Crippen molar-refractivity contribution in [2.24, 2.45) is 5.10 Å². The molecule has 2 aromatic rings. The zero-order valence-corrected chi connectivity index (χ0v) is 12.2. The maximum Gasteiger partial charge on any atom is 0.276 e. The molecule has 4 heteroatoms. The molecule has 1 heterocycles. The van der Waals surface area contributed by atoms with E-state index < -0.39 is 0 Å². The van der Waals surface area contributed by atoms with E-state index in [4.69, 9.17) is 0 Å². The highest BCUT2D eigenvalue weighted by Gasteiger charge is 2.30. The summed E-state index contributed by atoms with van der Waals surface area (Å²) in [5, 5.41) is 7.32. The first-order valence-corrected chi connectivity index (χ1v) is 7.68. The zero-order valence-electron chi connectivity index (χ0n) is 12.2. The van der Waals surface area contributed by atoms with Crippen molar-refractivity contribution in [3.63, 3.8) is 0 Å². The van der Waals surface area contributed by atoms with Gasteiger partial charge in [-0.3, -0.25) is 10.2 Å². The molecule has 0 aromatic heterocycles. The summed E-state index contributed by atoms with van der Waals surface area (Å²) in [5.41, 5.74) is 8.84. The van der Waals surface area contributed by atoms with Gasteiger partial charge in [0.15, 0.2) is 5.71 Å². The highest BCUT2D eigenvalue weighted by atomic mass is 16.2. The summed E-state index contributed by atoms with van der Waals surface area (Å²) in [6.45, 7) is 0. The number of para-hydroxylation sites is 1. The van der Waals surface area contributed by atoms with Crippen LogP contribution in [-0.2, 0) is 17.6 Å². The van der Waals surface area contributed by atoms with E-state index in [-0.39, 0.29) is 5.91 Å². The molecule has 0 atom stereocenters. The van der Waals surface area contributed by atoms with Gasteiger partial charge in [0.2, 0.25) is 0 Å². The molecule has 4 nitrogen and oxygen atoms in total. The fourth-order valence-corrected chi connectivity index (χ4v) is 3.21. The van der Waals surface area contributed by atoms with Gasteiger partial charge < -0.3 is 5.32 Å². The minimum atomic E-state index is -0.127. The van der Waals surface area contributed by atoms with Crippen LogP contribution in [0.4, 0.5) is 11.4 Å². The van der Waals surface area contributed by atoms with Gasteiger partial charge in [-0.2, -0.15) is 5.10 Å². The number of hydrazone groups is 1. The number of rotatable bonds is 2. The molecule has 1 aliphatic carbocycles. The molecule has 0 radical (unpaired) electrons. The minimum absolute atomic E-state index is 0.127. The van der Waals surface area contributed by atoms with Gasteiger partial charge in [0.05, 0.1) is 11.4 Å².